The Morgan fingerprint density at radius 3 is 1.25 bits per heavy atom. The Bertz CT molecular complexity index is 1450. The first-order valence-electron chi connectivity index (χ1n) is 12.6. The summed E-state index contributed by atoms with van der Waals surface area (Å²) in [6, 6.07) is 23.2. The highest BCUT2D eigenvalue weighted by molar-refractivity contribution is 6.11. The van der Waals surface area contributed by atoms with E-state index in [-0.39, 0.29) is 34.1 Å². The molecule has 204 valence electrons. The van der Waals surface area contributed by atoms with Gasteiger partial charge in [0.25, 0.3) is 0 Å². The number of benzene rings is 4. The summed E-state index contributed by atoms with van der Waals surface area (Å²) in [6.45, 7) is 0. The molecule has 0 saturated heterocycles. The minimum Gasteiger partial charge on any atom is -0.508 e. The van der Waals surface area contributed by atoms with Gasteiger partial charge in [-0.1, -0.05) is 60.7 Å². The second kappa shape index (κ2) is 10.6. The molecule has 0 amide bonds. The molecule has 0 heterocycles. The van der Waals surface area contributed by atoms with E-state index in [9.17, 15) is 30.0 Å². The predicted molar refractivity (Wildman–Crippen MR) is 147 cm³/mol. The van der Waals surface area contributed by atoms with Crippen LogP contribution >= 0.6 is 0 Å². The zero-order valence-corrected chi connectivity index (χ0v) is 21.8. The van der Waals surface area contributed by atoms with E-state index in [1.165, 1.54) is 26.4 Å². The molecule has 0 aromatic heterocycles. The minimum absolute atomic E-state index is 0.0336. The fourth-order valence-electron chi connectivity index (χ4n) is 5.90. The number of hydrogen-bond acceptors (Lipinski definition) is 8. The molecule has 4 aromatic rings. The number of phenols is 4. The van der Waals surface area contributed by atoms with Crippen molar-refractivity contribution in [3.8, 4) is 34.5 Å². The summed E-state index contributed by atoms with van der Waals surface area (Å²) < 4.78 is 10.7. The molecule has 0 bridgehead atoms. The van der Waals surface area contributed by atoms with Crippen LogP contribution in [0, 0.1) is 11.8 Å². The number of carbonyl (C=O) groups is 2. The van der Waals surface area contributed by atoms with Gasteiger partial charge in [0, 0.05) is 47.9 Å². The molecule has 8 heteroatoms. The summed E-state index contributed by atoms with van der Waals surface area (Å²) in [6.07, 6.45) is 0. The van der Waals surface area contributed by atoms with Crippen LogP contribution in [0.4, 0.5) is 0 Å². The number of aromatic hydroxyl groups is 4. The Balaban J connectivity index is 1.73. The second-order valence-corrected chi connectivity index (χ2v) is 9.74. The smallest absolute Gasteiger partial charge is 0.174 e. The quantitative estimate of drug-likeness (QED) is 0.218. The standard InChI is InChI=1S/C32H28O8/c1-39-23-15-19(33)13-21(35)27(23)31(37)29-25(17-9-5-3-6-10-17)26(18-11-7-4-8-12-18)30(29)32(38)28-22(36)14-20(34)16-24(28)40-2/h3-16,25-26,29-30,33-36H,1-2H3/t25-,26-,29+,30+/m0/s1. The lowest BCUT2D eigenvalue weighted by atomic mass is 9.49. The molecule has 4 atom stereocenters. The first-order valence-corrected chi connectivity index (χ1v) is 12.6. The highest BCUT2D eigenvalue weighted by Gasteiger charge is 2.59. The number of carbonyl (C=O) groups excluding carboxylic acids is 2. The number of Topliss-reactive ketones (excluding diaryl/α,β-unsaturated/α-hetero) is 2. The van der Waals surface area contributed by atoms with Gasteiger partial charge in [-0.25, -0.2) is 0 Å². The largest absolute Gasteiger partial charge is 0.508 e. The molecule has 4 N–H and O–H groups in total. The highest BCUT2D eigenvalue weighted by Crippen LogP contribution is 2.61. The van der Waals surface area contributed by atoms with Crippen molar-refractivity contribution in [3.63, 3.8) is 0 Å². The van der Waals surface area contributed by atoms with Gasteiger partial charge in [-0.2, -0.15) is 0 Å². The van der Waals surface area contributed by atoms with Crippen molar-refractivity contribution < 1.29 is 39.5 Å². The van der Waals surface area contributed by atoms with Crippen molar-refractivity contribution in [2.24, 2.45) is 11.8 Å². The molecule has 0 unspecified atom stereocenters. The number of hydrogen-bond donors (Lipinski definition) is 4. The summed E-state index contributed by atoms with van der Waals surface area (Å²) in [4.78, 5) is 28.7. The van der Waals surface area contributed by atoms with Crippen molar-refractivity contribution in [2.75, 3.05) is 14.2 Å². The average molecular weight is 541 g/mol. The van der Waals surface area contributed by atoms with E-state index in [0.717, 1.165) is 23.3 Å². The summed E-state index contributed by atoms with van der Waals surface area (Å²) in [5, 5.41) is 41.5. The molecule has 5 rings (SSSR count). The molecule has 0 radical (unpaired) electrons. The van der Waals surface area contributed by atoms with Crippen molar-refractivity contribution in [1.82, 2.24) is 0 Å². The van der Waals surface area contributed by atoms with Crippen molar-refractivity contribution in [2.45, 2.75) is 11.8 Å². The third-order valence-electron chi connectivity index (χ3n) is 7.59. The lowest BCUT2D eigenvalue weighted by Gasteiger charge is -2.51. The third-order valence-corrected chi connectivity index (χ3v) is 7.59. The van der Waals surface area contributed by atoms with Gasteiger partial charge in [0.15, 0.2) is 11.6 Å². The summed E-state index contributed by atoms with van der Waals surface area (Å²) >= 11 is 0. The molecule has 1 aliphatic rings. The molecule has 1 saturated carbocycles. The highest BCUT2D eigenvalue weighted by atomic mass is 16.5. The summed E-state index contributed by atoms with van der Waals surface area (Å²) in [7, 11) is 2.63. The van der Waals surface area contributed by atoms with Crippen molar-refractivity contribution in [3.05, 3.63) is 107 Å². The Morgan fingerprint density at radius 1 is 0.575 bits per heavy atom. The number of ether oxygens (including phenoxy) is 2. The maximum Gasteiger partial charge on any atom is 0.174 e. The van der Waals surface area contributed by atoms with Crippen LogP contribution in [0.1, 0.15) is 43.7 Å². The van der Waals surface area contributed by atoms with E-state index < -0.39 is 46.7 Å². The van der Waals surface area contributed by atoms with Crippen LogP contribution in [0.5, 0.6) is 34.5 Å². The van der Waals surface area contributed by atoms with E-state index in [0.29, 0.717) is 0 Å². The van der Waals surface area contributed by atoms with Gasteiger partial charge in [-0.05, 0) is 11.1 Å². The van der Waals surface area contributed by atoms with Crippen LogP contribution in [0.25, 0.3) is 0 Å². The lowest BCUT2D eigenvalue weighted by molar-refractivity contribution is 0.0448. The van der Waals surface area contributed by atoms with E-state index in [1.54, 1.807) is 0 Å². The van der Waals surface area contributed by atoms with Crippen molar-refractivity contribution >= 4 is 11.6 Å². The molecule has 0 spiro atoms. The summed E-state index contributed by atoms with van der Waals surface area (Å²) in [5.74, 6) is -5.62. The molecular formula is C32H28O8. The molecule has 4 aromatic carbocycles. The number of ketones is 2. The molecule has 40 heavy (non-hydrogen) atoms. The van der Waals surface area contributed by atoms with Gasteiger partial charge in [-0.15, -0.1) is 0 Å². The van der Waals surface area contributed by atoms with Gasteiger partial charge >= 0.3 is 0 Å². The Labute approximate surface area is 230 Å². The van der Waals surface area contributed by atoms with Gasteiger partial charge in [-0.3, -0.25) is 9.59 Å². The van der Waals surface area contributed by atoms with Gasteiger partial charge < -0.3 is 29.9 Å². The topological polar surface area (TPSA) is 134 Å². The molecule has 1 fully saturated rings. The zero-order chi connectivity index (χ0) is 28.6. The van der Waals surface area contributed by atoms with E-state index in [4.69, 9.17) is 9.47 Å². The van der Waals surface area contributed by atoms with Crippen LogP contribution in [-0.2, 0) is 0 Å². The predicted octanol–water partition coefficient (Wildman–Crippen LogP) is 5.41. The molecule has 0 aliphatic heterocycles. The first-order chi connectivity index (χ1) is 19.3. The van der Waals surface area contributed by atoms with Gasteiger partial charge in [0.1, 0.15) is 45.6 Å². The molecular weight excluding hydrogens is 512 g/mol. The third kappa shape index (κ3) is 4.47. The fourth-order valence-corrected chi connectivity index (χ4v) is 5.90. The maximum absolute atomic E-state index is 14.3. The van der Waals surface area contributed by atoms with Gasteiger partial charge in [0.2, 0.25) is 0 Å². The molecule has 1 aliphatic carbocycles. The van der Waals surface area contributed by atoms with Crippen LogP contribution in [0.3, 0.4) is 0 Å². The average Bonchev–Trinajstić information content (AvgIpc) is 2.92. The van der Waals surface area contributed by atoms with E-state index >= 15 is 0 Å². The second-order valence-electron chi connectivity index (χ2n) is 9.74. The first kappa shape index (κ1) is 26.6. The number of rotatable bonds is 8. The minimum atomic E-state index is -0.984. The normalized spacial score (nSPS) is 19.9. The van der Waals surface area contributed by atoms with E-state index in [1.807, 2.05) is 60.7 Å². The zero-order valence-electron chi connectivity index (χ0n) is 21.8. The van der Waals surface area contributed by atoms with Crippen LogP contribution in [0.2, 0.25) is 0 Å². The van der Waals surface area contributed by atoms with Gasteiger partial charge in [0.05, 0.1) is 14.2 Å². The Morgan fingerprint density at radius 2 is 0.925 bits per heavy atom. The van der Waals surface area contributed by atoms with Crippen LogP contribution in [0.15, 0.2) is 84.9 Å². The maximum atomic E-state index is 14.3. The van der Waals surface area contributed by atoms with Crippen molar-refractivity contribution in [1.29, 1.82) is 0 Å². The lowest BCUT2D eigenvalue weighted by Crippen LogP contribution is -2.51. The fraction of sp³-hybridized carbons (Fsp3) is 0.188. The summed E-state index contributed by atoms with van der Waals surface area (Å²) in [5.41, 5.74) is 1.32. The molecule has 8 nitrogen and oxygen atoms in total. The monoisotopic (exact) mass is 540 g/mol. The Kier molecular flexibility index (Phi) is 7.09. The van der Waals surface area contributed by atoms with E-state index in [2.05, 4.69) is 0 Å². The number of phenolic OH excluding ortho intramolecular Hbond substituents is 4. The van der Waals surface area contributed by atoms with Crippen LogP contribution < -0.4 is 9.47 Å². The van der Waals surface area contributed by atoms with Crippen LogP contribution in [-0.4, -0.2) is 46.2 Å². The Hall–Kier alpha value is -4.98. The SMILES string of the molecule is COc1cc(O)cc(O)c1C(=O)[C@H]1[C@H](C(=O)c2c(O)cc(O)cc2OC)[C@@H](c2ccccc2)[C@@H]1c1ccccc1. The number of methoxy groups -OCH3 is 2.